The number of fused-ring (bicyclic) bond motifs is 1. The Balaban J connectivity index is 1.84. The van der Waals surface area contributed by atoms with Gasteiger partial charge in [-0.05, 0) is 11.6 Å². The van der Waals surface area contributed by atoms with Crippen molar-refractivity contribution < 1.29 is 19.8 Å². The zero-order valence-corrected chi connectivity index (χ0v) is 13.1. The number of amides is 1. The van der Waals surface area contributed by atoms with Crippen LogP contribution < -0.4 is 11.5 Å². The summed E-state index contributed by atoms with van der Waals surface area (Å²) in [6, 6.07) is -0.637. The van der Waals surface area contributed by atoms with E-state index in [9.17, 15) is 14.7 Å². The molecule has 1 amide bonds. The first-order valence-corrected chi connectivity index (χ1v) is 8.24. The minimum atomic E-state index is -1.13. The number of carboxylic acids is 1. The van der Waals surface area contributed by atoms with E-state index in [0.29, 0.717) is 24.4 Å². The fourth-order valence-corrected chi connectivity index (χ4v) is 4.25. The maximum Gasteiger partial charge on any atom is 0.352 e. The predicted molar refractivity (Wildman–Crippen MR) is 83.3 cm³/mol. The van der Waals surface area contributed by atoms with Gasteiger partial charge < -0.3 is 26.7 Å². The van der Waals surface area contributed by atoms with E-state index in [4.69, 9.17) is 16.6 Å². The Morgan fingerprint density at radius 1 is 1.43 bits per heavy atom. The van der Waals surface area contributed by atoms with Gasteiger partial charge in [-0.1, -0.05) is 0 Å². The number of aliphatic hydroxyl groups is 1. The van der Waals surface area contributed by atoms with E-state index in [0.717, 1.165) is 0 Å². The molecule has 0 aromatic carbocycles. The highest BCUT2D eigenvalue weighted by Gasteiger charge is 2.51. The Bertz CT molecular complexity index is 595. The van der Waals surface area contributed by atoms with Crippen LogP contribution in [0, 0.1) is 0 Å². The molecule has 9 nitrogen and oxygen atoms in total. The minimum absolute atomic E-state index is 0.0123. The predicted octanol–water partition coefficient (Wildman–Crippen LogP) is -2.11. The number of aliphatic carboxylic acids is 1. The zero-order valence-electron chi connectivity index (χ0n) is 12.3. The highest BCUT2D eigenvalue weighted by molar-refractivity contribution is 8.00. The summed E-state index contributed by atoms with van der Waals surface area (Å²) < 4.78 is 0. The highest BCUT2D eigenvalue weighted by atomic mass is 32.2. The van der Waals surface area contributed by atoms with Gasteiger partial charge in [-0.25, -0.2) is 4.79 Å². The average molecular weight is 341 g/mol. The molecule has 1 fully saturated rings. The van der Waals surface area contributed by atoms with Gasteiger partial charge in [-0.3, -0.25) is 9.69 Å². The zero-order chi connectivity index (χ0) is 16.7. The van der Waals surface area contributed by atoms with Crippen molar-refractivity contribution in [2.24, 2.45) is 11.5 Å². The molecule has 1 saturated heterocycles. The SMILES string of the molecule is NC1C=CN(CC2=C(C(=O)O)N3C(=O)[C@@H](N)C3SC2)N1CCO. The molecule has 0 spiro atoms. The summed E-state index contributed by atoms with van der Waals surface area (Å²) in [6.45, 7) is 0.574. The number of aliphatic hydroxyl groups excluding tert-OH is 1. The molecule has 6 N–H and O–H groups in total. The standard InChI is InChI=1S/C13H19N5O4S/c14-8-1-2-16(17(8)3-4-19)5-7-6-23-12-9(15)11(20)18(12)10(7)13(21)22/h1-2,8-9,12,19H,3-6,14-15H2,(H,21,22)/t8?,9-,12?/m1/s1. The van der Waals surface area contributed by atoms with Crippen molar-refractivity contribution in [1.82, 2.24) is 14.9 Å². The second kappa shape index (κ2) is 6.13. The van der Waals surface area contributed by atoms with E-state index >= 15 is 0 Å². The summed E-state index contributed by atoms with van der Waals surface area (Å²) in [5, 5.41) is 21.9. The molecule has 3 aliphatic rings. The van der Waals surface area contributed by atoms with Crippen molar-refractivity contribution in [2.75, 3.05) is 25.4 Å². The van der Waals surface area contributed by atoms with E-state index in [2.05, 4.69) is 0 Å². The largest absolute Gasteiger partial charge is 0.477 e. The fraction of sp³-hybridized carbons (Fsp3) is 0.538. The third-order valence-electron chi connectivity index (χ3n) is 4.10. The van der Waals surface area contributed by atoms with Gasteiger partial charge in [0.2, 0.25) is 5.91 Å². The monoisotopic (exact) mass is 341 g/mol. The number of β-lactam (4-membered cyclic amide) rings is 1. The molecular formula is C13H19N5O4S. The molecule has 3 aliphatic heterocycles. The van der Waals surface area contributed by atoms with E-state index < -0.39 is 12.0 Å². The van der Waals surface area contributed by atoms with Crippen molar-refractivity contribution in [3.63, 3.8) is 0 Å². The topological polar surface area (TPSA) is 136 Å². The van der Waals surface area contributed by atoms with E-state index in [-0.39, 0.29) is 29.8 Å². The third-order valence-corrected chi connectivity index (χ3v) is 5.46. The van der Waals surface area contributed by atoms with Crippen LogP contribution in [-0.2, 0) is 9.59 Å². The van der Waals surface area contributed by atoms with Gasteiger partial charge in [0, 0.05) is 18.5 Å². The van der Waals surface area contributed by atoms with Crippen LogP contribution in [-0.4, -0.2) is 80.0 Å². The molecule has 3 rings (SSSR count). The lowest BCUT2D eigenvalue weighted by atomic mass is 10.0. The van der Waals surface area contributed by atoms with Crippen molar-refractivity contribution >= 4 is 23.6 Å². The van der Waals surface area contributed by atoms with Gasteiger partial charge in [0.15, 0.2) is 0 Å². The summed E-state index contributed by atoms with van der Waals surface area (Å²) in [5.41, 5.74) is 12.3. The normalized spacial score (nSPS) is 30.7. The quantitative estimate of drug-likeness (QED) is 0.414. The molecule has 0 aliphatic carbocycles. The first-order valence-electron chi connectivity index (χ1n) is 7.19. The number of hydrazine groups is 1. The number of carboxylic acid groups (broad SMARTS) is 1. The fourth-order valence-electron chi connectivity index (χ4n) is 2.96. The lowest BCUT2D eigenvalue weighted by Gasteiger charge is -2.48. The maximum absolute atomic E-state index is 11.9. The smallest absolute Gasteiger partial charge is 0.352 e. The Kier molecular flexibility index (Phi) is 4.34. The van der Waals surface area contributed by atoms with Gasteiger partial charge in [0.25, 0.3) is 0 Å². The molecule has 0 bridgehead atoms. The second-order valence-electron chi connectivity index (χ2n) is 5.51. The molecule has 3 atom stereocenters. The Morgan fingerprint density at radius 3 is 2.83 bits per heavy atom. The van der Waals surface area contributed by atoms with Crippen molar-refractivity contribution in [1.29, 1.82) is 0 Å². The number of rotatable bonds is 5. The summed E-state index contributed by atoms with van der Waals surface area (Å²) in [7, 11) is 0. The summed E-state index contributed by atoms with van der Waals surface area (Å²) >= 11 is 1.46. The minimum Gasteiger partial charge on any atom is -0.477 e. The van der Waals surface area contributed by atoms with E-state index in [1.165, 1.54) is 16.7 Å². The van der Waals surface area contributed by atoms with Gasteiger partial charge >= 0.3 is 5.97 Å². The third kappa shape index (κ3) is 2.62. The van der Waals surface area contributed by atoms with Crippen LogP contribution in [0.5, 0.6) is 0 Å². The molecule has 0 radical (unpaired) electrons. The maximum atomic E-state index is 11.9. The van der Waals surface area contributed by atoms with E-state index in [1.807, 2.05) is 0 Å². The molecule has 23 heavy (non-hydrogen) atoms. The first-order chi connectivity index (χ1) is 11.0. The number of thioether (sulfide) groups is 1. The van der Waals surface area contributed by atoms with Gasteiger partial charge in [0.1, 0.15) is 17.1 Å². The number of carbonyl (C=O) groups is 2. The number of β-amino-alcohol motifs (C(OH)–C–C–N with tert-alkyl or cyclic N) is 1. The Labute approximate surface area is 137 Å². The number of carbonyl (C=O) groups excluding carboxylic acids is 1. The number of nitrogens with two attached hydrogens (primary N) is 2. The van der Waals surface area contributed by atoms with Crippen LogP contribution in [0.4, 0.5) is 0 Å². The molecule has 10 heteroatoms. The molecule has 0 aromatic rings. The van der Waals surface area contributed by atoms with Gasteiger partial charge in [-0.15, -0.1) is 11.8 Å². The van der Waals surface area contributed by atoms with Crippen molar-refractivity contribution in [3.8, 4) is 0 Å². The molecule has 0 aromatic heterocycles. The molecular weight excluding hydrogens is 322 g/mol. The lowest BCUT2D eigenvalue weighted by molar-refractivity contribution is -0.148. The summed E-state index contributed by atoms with van der Waals surface area (Å²) in [5.74, 6) is -1.01. The Hall–Kier alpha value is -1.59. The van der Waals surface area contributed by atoms with E-state index in [1.54, 1.807) is 22.3 Å². The van der Waals surface area contributed by atoms with Crippen molar-refractivity contribution in [3.05, 3.63) is 23.5 Å². The van der Waals surface area contributed by atoms with Crippen LogP contribution in [0.3, 0.4) is 0 Å². The second-order valence-corrected chi connectivity index (χ2v) is 6.61. The Morgan fingerprint density at radius 2 is 2.17 bits per heavy atom. The first kappa shape index (κ1) is 16.3. The van der Waals surface area contributed by atoms with Gasteiger partial charge in [0.05, 0.1) is 19.3 Å². The summed E-state index contributed by atoms with van der Waals surface area (Å²) in [6.07, 6.45) is 3.16. The molecule has 126 valence electrons. The number of hydrogen-bond donors (Lipinski definition) is 4. The average Bonchev–Trinajstić information content (AvgIpc) is 2.87. The van der Waals surface area contributed by atoms with Crippen molar-refractivity contribution in [2.45, 2.75) is 17.6 Å². The molecule has 3 heterocycles. The number of hydrogen-bond acceptors (Lipinski definition) is 8. The van der Waals surface area contributed by atoms with Crippen LogP contribution >= 0.6 is 11.8 Å². The lowest BCUT2D eigenvalue weighted by Crippen LogP contribution is -2.68. The van der Waals surface area contributed by atoms with Crippen LogP contribution in [0.15, 0.2) is 23.5 Å². The highest BCUT2D eigenvalue weighted by Crippen LogP contribution is 2.39. The van der Waals surface area contributed by atoms with Crippen LogP contribution in [0.1, 0.15) is 0 Å². The molecule has 2 unspecified atom stereocenters. The summed E-state index contributed by atoms with van der Waals surface area (Å²) in [4.78, 5) is 24.8. The van der Waals surface area contributed by atoms with Gasteiger partial charge in [-0.2, -0.15) is 5.01 Å². The van der Waals surface area contributed by atoms with Crippen LogP contribution in [0.2, 0.25) is 0 Å². The van der Waals surface area contributed by atoms with Crippen LogP contribution in [0.25, 0.3) is 0 Å². The number of nitrogens with zero attached hydrogens (tertiary/aromatic N) is 3. The molecule has 0 saturated carbocycles.